The minimum Gasteiger partial charge on any atom is -0.481 e. The molecule has 1 amide bonds. The summed E-state index contributed by atoms with van der Waals surface area (Å²) in [6, 6.07) is 12.5. The largest absolute Gasteiger partial charge is 0.481 e. The van der Waals surface area contributed by atoms with Gasteiger partial charge in [-0.2, -0.15) is 11.8 Å². The third kappa shape index (κ3) is 6.09. The van der Waals surface area contributed by atoms with Crippen LogP contribution in [0.1, 0.15) is 23.6 Å². The summed E-state index contributed by atoms with van der Waals surface area (Å²) in [5.74, 6) is 1.67. The molecule has 5 heteroatoms. The SMILES string of the molecule is Cc1ccc(OC(C)C(=O)NCCSCc2ccccc2F)cc1C. The summed E-state index contributed by atoms with van der Waals surface area (Å²) in [5, 5.41) is 2.85. The van der Waals surface area contributed by atoms with Crippen molar-refractivity contribution in [2.45, 2.75) is 32.6 Å². The van der Waals surface area contributed by atoms with Crippen LogP contribution < -0.4 is 10.1 Å². The molecule has 0 saturated heterocycles. The summed E-state index contributed by atoms with van der Waals surface area (Å²) >= 11 is 1.59. The molecule has 0 fully saturated rings. The number of aryl methyl sites for hydroxylation is 2. The van der Waals surface area contributed by atoms with Gasteiger partial charge in [0, 0.05) is 18.1 Å². The van der Waals surface area contributed by atoms with E-state index in [1.54, 1.807) is 30.8 Å². The number of carbonyl (C=O) groups is 1. The van der Waals surface area contributed by atoms with Gasteiger partial charge in [-0.25, -0.2) is 4.39 Å². The number of amides is 1. The van der Waals surface area contributed by atoms with Crippen LogP contribution in [0.15, 0.2) is 42.5 Å². The van der Waals surface area contributed by atoms with E-state index in [9.17, 15) is 9.18 Å². The van der Waals surface area contributed by atoms with Crippen molar-refractivity contribution in [1.82, 2.24) is 5.32 Å². The summed E-state index contributed by atoms with van der Waals surface area (Å²) in [5.41, 5.74) is 3.01. The van der Waals surface area contributed by atoms with Crippen molar-refractivity contribution < 1.29 is 13.9 Å². The number of benzene rings is 2. The quantitative estimate of drug-likeness (QED) is 0.714. The van der Waals surface area contributed by atoms with Crippen LogP contribution in [0.4, 0.5) is 4.39 Å². The van der Waals surface area contributed by atoms with Crippen molar-refractivity contribution in [2.24, 2.45) is 0 Å². The Labute approximate surface area is 153 Å². The first-order valence-corrected chi connectivity index (χ1v) is 9.45. The van der Waals surface area contributed by atoms with Gasteiger partial charge in [-0.1, -0.05) is 24.3 Å². The summed E-state index contributed by atoms with van der Waals surface area (Å²) in [6.45, 7) is 6.31. The van der Waals surface area contributed by atoms with Gasteiger partial charge in [-0.3, -0.25) is 4.79 Å². The van der Waals surface area contributed by atoms with Crippen LogP contribution in [0.5, 0.6) is 5.75 Å². The van der Waals surface area contributed by atoms with Crippen molar-refractivity contribution in [3.8, 4) is 5.75 Å². The molecule has 0 aliphatic heterocycles. The van der Waals surface area contributed by atoms with Gasteiger partial charge >= 0.3 is 0 Å². The normalized spacial score (nSPS) is 11.8. The van der Waals surface area contributed by atoms with E-state index in [1.165, 1.54) is 11.6 Å². The van der Waals surface area contributed by atoms with Crippen LogP contribution >= 0.6 is 11.8 Å². The van der Waals surface area contributed by atoms with Gasteiger partial charge < -0.3 is 10.1 Å². The average Bonchev–Trinajstić information content (AvgIpc) is 2.59. The molecule has 0 radical (unpaired) electrons. The Hall–Kier alpha value is -2.01. The predicted octanol–water partition coefficient (Wildman–Crippen LogP) is 4.26. The molecule has 2 aromatic carbocycles. The van der Waals surface area contributed by atoms with E-state index in [0.717, 1.165) is 11.3 Å². The first-order chi connectivity index (χ1) is 12.0. The number of rotatable bonds is 8. The van der Waals surface area contributed by atoms with E-state index in [2.05, 4.69) is 5.32 Å². The summed E-state index contributed by atoms with van der Waals surface area (Å²) in [7, 11) is 0. The molecule has 0 spiro atoms. The van der Waals surface area contributed by atoms with Crippen molar-refractivity contribution in [2.75, 3.05) is 12.3 Å². The van der Waals surface area contributed by atoms with Gasteiger partial charge in [-0.05, 0) is 55.7 Å². The molecule has 0 aliphatic rings. The van der Waals surface area contributed by atoms with Crippen molar-refractivity contribution in [3.05, 3.63) is 65.0 Å². The van der Waals surface area contributed by atoms with Gasteiger partial charge in [0.1, 0.15) is 11.6 Å². The molecular weight excluding hydrogens is 337 g/mol. The Morgan fingerprint density at radius 1 is 1.20 bits per heavy atom. The van der Waals surface area contributed by atoms with Crippen molar-refractivity contribution >= 4 is 17.7 Å². The smallest absolute Gasteiger partial charge is 0.260 e. The highest BCUT2D eigenvalue weighted by molar-refractivity contribution is 7.98. The number of carbonyl (C=O) groups excluding carboxylic acids is 1. The number of hydrogen-bond donors (Lipinski definition) is 1. The monoisotopic (exact) mass is 361 g/mol. The summed E-state index contributed by atoms with van der Waals surface area (Å²) in [4.78, 5) is 12.1. The topological polar surface area (TPSA) is 38.3 Å². The van der Waals surface area contributed by atoms with E-state index in [4.69, 9.17) is 4.74 Å². The Balaban J connectivity index is 1.69. The fraction of sp³-hybridized carbons (Fsp3) is 0.350. The van der Waals surface area contributed by atoms with Gasteiger partial charge in [0.25, 0.3) is 5.91 Å². The molecule has 3 nitrogen and oxygen atoms in total. The minimum absolute atomic E-state index is 0.148. The average molecular weight is 361 g/mol. The summed E-state index contributed by atoms with van der Waals surface area (Å²) in [6.07, 6.45) is -0.557. The van der Waals surface area contributed by atoms with E-state index < -0.39 is 6.10 Å². The lowest BCUT2D eigenvalue weighted by molar-refractivity contribution is -0.127. The van der Waals surface area contributed by atoms with Crippen LogP contribution in [0, 0.1) is 19.7 Å². The Kier molecular flexibility index (Phi) is 7.31. The highest BCUT2D eigenvalue weighted by Gasteiger charge is 2.14. The van der Waals surface area contributed by atoms with Crippen molar-refractivity contribution in [1.29, 1.82) is 0 Å². The summed E-state index contributed by atoms with van der Waals surface area (Å²) < 4.78 is 19.2. The Morgan fingerprint density at radius 3 is 2.68 bits per heavy atom. The molecule has 25 heavy (non-hydrogen) atoms. The molecule has 1 atom stereocenters. The Bertz CT molecular complexity index is 721. The molecule has 2 rings (SSSR count). The van der Waals surface area contributed by atoms with E-state index >= 15 is 0 Å². The van der Waals surface area contributed by atoms with Crippen LogP contribution in [0.2, 0.25) is 0 Å². The van der Waals surface area contributed by atoms with Crippen molar-refractivity contribution in [3.63, 3.8) is 0 Å². The molecule has 2 aromatic rings. The minimum atomic E-state index is -0.557. The fourth-order valence-corrected chi connectivity index (χ4v) is 3.08. The zero-order chi connectivity index (χ0) is 18.2. The number of thioether (sulfide) groups is 1. The number of halogens is 1. The van der Waals surface area contributed by atoms with E-state index in [1.807, 2.05) is 38.1 Å². The van der Waals surface area contributed by atoms with Gasteiger partial charge in [0.2, 0.25) is 0 Å². The molecule has 1 N–H and O–H groups in total. The highest BCUT2D eigenvalue weighted by atomic mass is 32.2. The molecule has 0 saturated carbocycles. The fourth-order valence-electron chi connectivity index (χ4n) is 2.23. The molecular formula is C20H24FNO2S. The van der Waals surface area contributed by atoms with Crippen LogP contribution in [0.3, 0.4) is 0 Å². The lowest BCUT2D eigenvalue weighted by atomic mass is 10.1. The van der Waals surface area contributed by atoms with Gasteiger partial charge in [-0.15, -0.1) is 0 Å². The lowest BCUT2D eigenvalue weighted by Gasteiger charge is -2.15. The number of ether oxygens (including phenoxy) is 1. The third-order valence-corrected chi connectivity index (χ3v) is 4.93. The molecule has 0 aromatic heterocycles. The highest BCUT2D eigenvalue weighted by Crippen LogP contribution is 2.18. The lowest BCUT2D eigenvalue weighted by Crippen LogP contribution is -2.37. The molecule has 1 unspecified atom stereocenters. The number of hydrogen-bond acceptors (Lipinski definition) is 3. The second-order valence-electron chi connectivity index (χ2n) is 5.94. The second kappa shape index (κ2) is 9.47. The van der Waals surface area contributed by atoms with Crippen LogP contribution in [0.25, 0.3) is 0 Å². The Morgan fingerprint density at radius 2 is 1.96 bits per heavy atom. The second-order valence-corrected chi connectivity index (χ2v) is 7.05. The first kappa shape index (κ1) is 19.3. The maximum absolute atomic E-state index is 13.5. The molecule has 0 aliphatic carbocycles. The maximum Gasteiger partial charge on any atom is 0.260 e. The standard InChI is InChI=1S/C20H24FNO2S/c1-14-8-9-18(12-15(14)2)24-16(3)20(23)22-10-11-25-13-17-6-4-5-7-19(17)21/h4-9,12,16H,10-11,13H2,1-3H3,(H,22,23). The van der Waals surface area contributed by atoms with Crippen LogP contribution in [-0.4, -0.2) is 24.3 Å². The van der Waals surface area contributed by atoms with E-state index in [0.29, 0.717) is 23.6 Å². The third-order valence-electron chi connectivity index (χ3n) is 3.92. The molecule has 0 heterocycles. The molecule has 134 valence electrons. The van der Waals surface area contributed by atoms with Crippen LogP contribution in [-0.2, 0) is 10.5 Å². The van der Waals surface area contributed by atoms with Gasteiger partial charge in [0.15, 0.2) is 6.10 Å². The zero-order valence-corrected chi connectivity index (χ0v) is 15.7. The zero-order valence-electron chi connectivity index (χ0n) is 14.8. The maximum atomic E-state index is 13.5. The molecule has 0 bridgehead atoms. The van der Waals surface area contributed by atoms with Gasteiger partial charge in [0.05, 0.1) is 0 Å². The number of nitrogens with one attached hydrogen (secondary N) is 1. The predicted molar refractivity (Wildman–Crippen MR) is 102 cm³/mol. The first-order valence-electron chi connectivity index (χ1n) is 8.30. The van der Waals surface area contributed by atoms with E-state index in [-0.39, 0.29) is 11.7 Å².